The van der Waals surface area contributed by atoms with Gasteiger partial charge in [-0.1, -0.05) is 29.4 Å². The molecule has 10 heteroatoms. The van der Waals surface area contributed by atoms with Gasteiger partial charge in [0.15, 0.2) is 17.4 Å². The standard InChI is InChI=1S/C27H29N7O3/c1-33(2)24(35)16-34-15-21(14-30-34)27-31-25(32-37-27)22(19-7-8-19)11-17-3-5-18(6-4-17)20-12-23-26(29-13-20)28-9-10-36-23/h3-6,12-15,19,22H,7-11,16H2,1-2H3,(H,28,29). The van der Waals surface area contributed by atoms with E-state index in [1.54, 1.807) is 31.2 Å². The molecule has 190 valence electrons. The van der Waals surface area contributed by atoms with Crippen molar-refractivity contribution in [2.24, 2.45) is 5.92 Å². The molecule has 1 fully saturated rings. The van der Waals surface area contributed by atoms with Crippen LogP contribution in [0, 0.1) is 5.92 Å². The van der Waals surface area contributed by atoms with Gasteiger partial charge in [0.05, 0.1) is 18.3 Å². The summed E-state index contributed by atoms with van der Waals surface area (Å²) in [5.74, 6) is 3.46. The van der Waals surface area contributed by atoms with E-state index in [1.165, 1.54) is 23.3 Å². The molecule has 6 rings (SSSR count). The maximum atomic E-state index is 12.0. The fraction of sp³-hybridized carbons (Fsp3) is 0.370. The molecule has 1 amide bonds. The third kappa shape index (κ3) is 5.04. The molecule has 4 aromatic rings. The van der Waals surface area contributed by atoms with E-state index in [9.17, 15) is 4.79 Å². The second kappa shape index (κ2) is 9.68. The zero-order chi connectivity index (χ0) is 25.4. The first-order valence-electron chi connectivity index (χ1n) is 12.6. The first-order valence-corrected chi connectivity index (χ1v) is 12.6. The van der Waals surface area contributed by atoms with E-state index in [-0.39, 0.29) is 18.4 Å². The number of carbonyl (C=O) groups excluding carboxylic acids is 1. The number of carbonyl (C=O) groups is 1. The lowest BCUT2D eigenvalue weighted by Crippen LogP contribution is -2.26. The van der Waals surface area contributed by atoms with Gasteiger partial charge in [0, 0.05) is 38.0 Å². The Kier molecular flexibility index (Phi) is 6.07. The average molecular weight is 500 g/mol. The minimum Gasteiger partial charge on any atom is -0.488 e. The Morgan fingerprint density at radius 2 is 2.00 bits per heavy atom. The molecule has 0 radical (unpaired) electrons. The van der Waals surface area contributed by atoms with Gasteiger partial charge in [-0.3, -0.25) is 9.48 Å². The van der Waals surface area contributed by atoms with E-state index in [2.05, 4.69) is 44.8 Å². The van der Waals surface area contributed by atoms with Gasteiger partial charge in [-0.15, -0.1) is 0 Å². The number of likely N-dealkylation sites (N-methyl/N-ethyl adjacent to an activating group) is 1. The fourth-order valence-electron chi connectivity index (χ4n) is 4.57. The van der Waals surface area contributed by atoms with Crippen LogP contribution in [0.15, 0.2) is 53.4 Å². The van der Waals surface area contributed by atoms with Gasteiger partial charge in [0.1, 0.15) is 13.2 Å². The second-order valence-corrected chi connectivity index (χ2v) is 9.86. The van der Waals surface area contributed by atoms with E-state index in [4.69, 9.17) is 14.2 Å². The van der Waals surface area contributed by atoms with E-state index in [0.29, 0.717) is 24.0 Å². The van der Waals surface area contributed by atoms with Crippen molar-refractivity contribution in [2.75, 3.05) is 32.6 Å². The van der Waals surface area contributed by atoms with Crippen molar-refractivity contribution < 1.29 is 14.1 Å². The number of hydrogen-bond donors (Lipinski definition) is 1. The van der Waals surface area contributed by atoms with Crippen molar-refractivity contribution in [3.05, 3.63) is 60.3 Å². The molecule has 37 heavy (non-hydrogen) atoms. The van der Waals surface area contributed by atoms with Crippen LogP contribution in [0.25, 0.3) is 22.6 Å². The smallest absolute Gasteiger partial charge is 0.261 e. The number of nitrogens with one attached hydrogen (secondary N) is 1. The SMILES string of the molecule is CN(C)C(=O)Cn1cc(-c2nc(C(Cc3ccc(-c4cnc5c(c4)OCCN5)cc3)C3CC3)no2)cn1. The number of nitrogens with zero attached hydrogens (tertiary/aromatic N) is 6. The number of hydrogen-bond acceptors (Lipinski definition) is 8. The molecule has 10 nitrogen and oxygen atoms in total. The number of ether oxygens (including phenoxy) is 1. The van der Waals surface area contributed by atoms with Gasteiger partial charge in [-0.25, -0.2) is 4.98 Å². The maximum Gasteiger partial charge on any atom is 0.261 e. The van der Waals surface area contributed by atoms with Crippen LogP contribution < -0.4 is 10.1 Å². The summed E-state index contributed by atoms with van der Waals surface area (Å²) in [6.45, 7) is 1.59. The third-order valence-corrected chi connectivity index (χ3v) is 6.89. The van der Waals surface area contributed by atoms with Crippen molar-refractivity contribution in [3.63, 3.8) is 0 Å². The van der Waals surface area contributed by atoms with Gasteiger partial charge in [-0.05, 0) is 42.4 Å². The molecule has 1 N–H and O–H groups in total. The molecular formula is C27H29N7O3. The lowest BCUT2D eigenvalue weighted by atomic mass is 9.93. The highest BCUT2D eigenvalue weighted by atomic mass is 16.5. The molecule has 0 spiro atoms. The van der Waals surface area contributed by atoms with Crippen molar-refractivity contribution >= 4 is 11.7 Å². The Labute approximate surface area is 214 Å². The number of fused-ring (bicyclic) bond motifs is 1. The number of amides is 1. The Balaban J connectivity index is 1.16. The molecule has 4 heterocycles. The molecule has 1 aliphatic carbocycles. The number of pyridine rings is 1. The molecular weight excluding hydrogens is 470 g/mol. The topological polar surface area (TPSA) is 111 Å². The maximum absolute atomic E-state index is 12.0. The van der Waals surface area contributed by atoms with Crippen LogP contribution in [0.5, 0.6) is 5.75 Å². The Morgan fingerprint density at radius 1 is 1.16 bits per heavy atom. The van der Waals surface area contributed by atoms with Crippen molar-refractivity contribution in [3.8, 4) is 28.3 Å². The summed E-state index contributed by atoms with van der Waals surface area (Å²) in [6.07, 6.45) is 8.48. The van der Waals surface area contributed by atoms with Crippen LogP contribution in [-0.2, 0) is 17.8 Å². The van der Waals surface area contributed by atoms with Crippen molar-refractivity contribution in [2.45, 2.75) is 31.7 Å². The molecule has 1 aromatic carbocycles. The number of aromatic nitrogens is 5. The molecule has 1 saturated carbocycles. The highest BCUT2D eigenvalue weighted by Gasteiger charge is 2.35. The monoisotopic (exact) mass is 499 g/mol. The van der Waals surface area contributed by atoms with E-state index >= 15 is 0 Å². The fourth-order valence-corrected chi connectivity index (χ4v) is 4.57. The number of anilines is 1. The zero-order valence-electron chi connectivity index (χ0n) is 20.9. The first kappa shape index (κ1) is 23.2. The first-order chi connectivity index (χ1) is 18.0. The van der Waals surface area contributed by atoms with Gasteiger partial charge in [0.2, 0.25) is 5.91 Å². The lowest BCUT2D eigenvalue weighted by molar-refractivity contribution is -0.129. The minimum atomic E-state index is -0.0334. The summed E-state index contributed by atoms with van der Waals surface area (Å²) < 4.78 is 12.9. The zero-order valence-corrected chi connectivity index (χ0v) is 20.9. The number of benzene rings is 1. The van der Waals surface area contributed by atoms with Crippen LogP contribution in [-0.4, -0.2) is 63.0 Å². The van der Waals surface area contributed by atoms with Crippen LogP contribution in [0.3, 0.4) is 0 Å². The summed E-state index contributed by atoms with van der Waals surface area (Å²) in [4.78, 5) is 22.7. The third-order valence-electron chi connectivity index (χ3n) is 6.89. The molecule has 0 bridgehead atoms. The lowest BCUT2D eigenvalue weighted by Gasteiger charge is -2.18. The minimum absolute atomic E-state index is 0.0334. The Bertz CT molecular complexity index is 1410. The second-order valence-electron chi connectivity index (χ2n) is 9.86. The van der Waals surface area contributed by atoms with Gasteiger partial charge < -0.3 is 19.5 Å². The van der Waals surface area contributed by atoms with E-state index in [1.807, 2.05) is 12.3 Å². The van der Waals surface area contributed by atoms with Crippen LogP contribution in [0.4, 0.5) is 5.82 Å². The average Bonchev–Trinajstić information content (AvgIpc) is 3.45. The Hall–Kier alpha value is -4.21. The van der Waals surface area contributed by atoms with Gasteiger partial charge in [0.25, 0.3) is 5.89 Å². The van der Waals surface area contributed by atoms with Crippen LogP contribution in [0.2, 0.25) is 0 Å². The van der Waals surface area contributed by atoms with E-state index in [0.717, 1.165) is 41.5 Å². The molecule has 1 aliphatic heterocycles. The predicted octanol–water partition coefficient (Wildman–Crippen LogP) is 3.62. The molecule has 0 saturated heterocycles. The molecule has 1 unspecified atom stereocenters. The predicted molar refractivity (Wildman–Crippen MR) is 137 cm³/mol. The highest BCUT2D eigenvalue weighted by molar-refractivity contribution is 5.75. The van der Waals surface area contributed by atoms with E-state index < -0.39 is 0 Å². The molecule has 2 aliphatic rings. The van der Waals surface area contributed by atoms with Crippen LogP contribution >= 0.6 is 0 Å². The summed E-state index contributed by atoms with van der Waals surface area (Å²) in [5.41, 5.74) is 4.07. The normalized spacial score (nSPS) is 15.4. The van der Waals surface area contributed by atoms with Crippen molar-refractivity contribution in [1.29, 1.82) is 0 Å². The molecule has 3 aromatic heterocycles. The summed E-state index contributed by atoms with van der Waals surface area (Å²) in [5, 5.41) is 11.8. The summed E-state index contributed by atoms with van der Waals surface area (Å²) in [7, 11) is 3.45. The largest absolute Gasteiger partial charge is 0.488 e. The van der Waals surface area contributed by atoms with Crippen LogP contribution in [0.1, 0.15) is 30.1 Å². The summed E-state index contributed by atoms with van der Waals surface area (Å²) in [6, 6.07) is 10.6. The van der Waals surface area contributed by atoms with Crippen molar-refractivity contribution in [1.82, 2.24) is 29.8 Å². The summed E-state index contributed by atoms with van der Waals surface area (Å²) >= 11 is 0. The Morgan fingerprint density at radius 3 is 2.78 bits per heavy atom. The van der Waals surface area contributed by atoms with Gasteiger partial charge >= 0.3 is 0 Å². The highest BCUT2D eigenvalue weighted by Crippen LogP contribution is 2.44. The number of rotatable bonds is 8. The van der Waals surface area contributed by atoms with Gasteiger partial charge in [-0.2, -0.15) is 10.1 Å². The molecule has 1 atom stereocenters. The quantitative estimate of drug-likeness (QED) is 0.391.